The Kier molecular flexibility index (Phi) is 26.9. The molecule has 0 aliphatic carbocycles. The van der Waals surface area contributed by atoms with E-state index in [1.165, 1.54) is 51.4 Å². The fourth-order valence-electron chi connectivity index (χ4n) is 4.85. The minimum absolute atomic E-state index is 0.140. The molecule has 0 amide bonds. The van der Waals surface area contributed by atoms with E-state index in [1.807, 2.05) is 37.3 Å². The first-order valence-electron chi connectivity index (χ1n) is 18.7. The molecule has 0 spiro atoms. The maximum Gasteiger partial charge on any atom is 0.339 e. The molecule has 0 fully saturated rings. The summed E-state index contributed by atoms with van der Waals surface area (Å²) >= 11 is 0. The van der Waals surface area contributed by atoms with Gasteiger partial charge in [0.2, 0.25) is 0 Å². The van der Waals surface area contributed by atoms with Crippen molar-refractivity contribution in [2.24, 2.45) is 0 Å². The van der Waals surface area contributed by atoms with Gasteiger partial charge in [-0.15, -0.1) is 0 Å². The van der Waals surface area contributed by atoms with E-state index in [-0.39, 0.29) is 29.7 Å². The lowest BCUT2D eigenvalue weighted by molar-refractivity contribution is -0.146. The summed E-state index contributed by atoms with van der Waals surface area (Å²) < 4.78 is 20.9. The van der Waals surface area contributed by atoms with Crippen molar-refractivity contribution in [1.82, 2.24) is 0 Å². The molecule has 274 valence electrons. The summed E-state index contributed by atoms with van der Waals surface area (Å²) in [7, 11) is 0. The zero-order chi connectivity index (χ0) is 35.8. The fraction of sp³-hybridized carbons (Fsp3) is 0.610. The molecule has 49 heavy (non-hydrogen) atoms. The van der Waals surface area contributed by atoms with Crippen molar-refractivity contribution >= 4 is 23.9 Å². The Bertz CT molecular complexity index is 1120. The predicted octanol–water partition coefficient (Wildman–Crippen LogP) is 10.4. The molecule has 8 heteroatoms. The van der Waals surface area contributed by atoms with Crippen LogP contribution >= 0.6 is 0 Å². The Morgan fingerprint density at radius 1 is 0.429 bits per heavy atom. The smallest absolute Gasteiger partial charge is 0.339 e. The molecule has 0 radical (unpaired) electrons. The maximum atomic E-state index is 12.2. The molecule has 2 aromatic carbocycles. The van der Waals surface area contributed by atoms with Gasteiger partial charge < -0.3 is 18.9 Å². The van der Waals surface area contributed by atoms with Gasteiger partial charge in [-0.25, -0.2) is 9.59 Å². The van der Waals surface area contributed by atoms with Crippen molar-refractivity contribution in [2.75, 3.05) is 19.8 Å². The van der Waals surface area contributed by atoms with Gasteiger partial charge in [-0.1, -0.05) is 134 Å². The summed E-state index contributed by atoms with van der Waals surface area (Å²) in [5.74, 6) is -1.30. The third kappa shape index (κ3) is 23.3. The molecule has 0 saturated heterocycles. The van der Waals surface area contributed by atoms with E-state index in [0.29, 0.717) is 45.5 Å². The van der Waals surface area contributed by atoms with Gasteiger partial charge in [-0.2, -0.15) is 0 Å². The zero-order valence-electron chi connectivity index (χ0n) is 30.5. The first kappa shape index (κ1) is 43.3. The standard InChI is InChI=1S/C22H42O4.C19H20O4/c1-3-5-7-9-11-15-19-25-21(23)17-13-14-18-22(24)26-20-16-12-10-8-6-4-2;1-2-3-13-22-18(20)16-11-7-8-12-17(16)19(21)23-14-15-9-5-4-6-10-15/h3-20H2,1-2H3;4-12H,2-3,13-14H2,1H3. The molecule has 0 bridgehead atoms. The highest BCUT2D eigenvalue weighted by molar-refractivity contribution is 6.03. The van der Waals surface area contributed by atoms with Crippen LogP contribution in [-0.4, -0.2) is 43.7 Å². The van der Waals surface area contributed by atoms with Gasteiger partial charge in [0.1, 0.15) is 6.61 Å². The number of unbranched alkanes of at least 4 members (excludes halogenated alkanes) is 12. The molecule has 0 atom stereocenters. The average molecular weight is 683 g/mol. The molecule has 0 aliphatic heterocycles. The summed E-state index contributed by atoms with van der Waals surface area (Å²) in [6, 6.07) is 15.9. The highest BCUT2D eigenvalue weighted by atomic mass is 16.5. The van der Waals surface area contributed by atoms with Crippen molar-refractivity contribution in [1.29, 1.82) is 0 Å². The number of carbonyl (C=O) groups is 4. The monoisotopic (exact) mass is 682 g/mol. The highest BCUT2D eigenvalue weighted by Crippen LogP contribution is 2.14. The molecule has 0 aromatic heterocycles. The van der Waals surface area contributed by atoms with Gasteiger partial charge in [0, 0.05) is 12.8 Å². The predicted molar refractivity (Wildman–Crippen MR) is 194 cm³/mol. The average Bonchev–Trinajstić information content (AvgIpc) is 3.12. The number of ether oxygens (including phenoxy) is 4. The van der Waals surface area contributed by atoms with Gasteiger partial charge in [0.05, 0.1) is 30.9 Å². The molecule has 0 saturated carbocycles. The van der Waals surface area contributed by atoms with Crippen molar-refractivity contribution in [2.45, 2.75) is 143 Å². The molecule has 0 aliphatic rings. The van der Waals surface area contributed by atoms with E-state index in [0.717, 1.165) is 44.1 Å². The summed E-state index contributed by atoms with van der Waals surface area (Å²) in [6.45, 7) is 8.01. The lowest BCUT2D eigenvalue weighted by Gasteiger charge is -2.09. The Morgan fingerprint density at radius 3 is 1.33 bits per heavy atom. The van der Waals surface area contributed by atoms with Crippen LogP contribution in [-0.2, 0) is 35.1 Å². The molecule has 0 N–H and O–H groups in total. The molecule has 0 heterocycles. The quantitative estimate of drug-likeness (QED) is 0.0548. The van der Waals surface area contributed by atoms with Crippen LogP contribution in [0, 0.1) is 0 Å². The first-order chi connectivity index (χ1) is 23.9. The lowest BCUT2D eigenvalue weighted by Crippen LogP contribution is -2.14. The van der Waals surface area contributed by atoms with Crippen molar-refractivity contribution in [3.8, 4) is 0 Å². The van der Waals surface area contributed by atoms with E-state index >= 15 is 0 Å². The Morgan fingerprint density at radius 2 is 0.837 bits per heavy atom. The lowest BCUT2D eigenvalue weighted by atomic mass is 10.1. The number of rotatable bonds is 26. The minimum atomic E-state index is -0.531. The topological polar surface area (TPSA) is 105 Å². The normalized spacial score (nSPS) is 10.4. The SMILES string of the molecule is CCCCCCCCOC(=O)CCCCC(=O)OCCCCCCCC.CCCCOC(=O)c1ccccc1C(=O)OCc1ccccc1. The van der Waals surface area contributed by atoms with Crippen LogP contribution in [0.1, 0.15) is 163 Å². The third-order valence-electron chi connectivity index (χ3n) is 7.84. The molecular weight excluding hydrogens is 620 g/mol. The van der Waals surface area contributed by atoms with Gasteiger partial charge in [-0.05, 0) is 49.8 Å². The van der Waals surface area contributed by atoms with Crippen LogP contribution in [0.5, 0.6) is 0 Å². The van der Waals surface area contributed by atoms with Crippen molar-refractivity contribution in [3.05, 3.63) is 71.3 Å². The van der Waals surface area contributed by atoms with Crippen LogP contribution in [0.2, 0.25) is 0 Å². The van der Waals surface area contributed by atoms with E-state index in [4.69, 9.17) is 18.9 Å². The molecular formula is C41H62O8. The summed E-state index contributed by atoms with van der Waals surface area (Å²) in [6.07, 6.45) is 18.2. The van der Waals surface area contributed by atoms with Crippen LogP contribution in [0.3, 0.4) is 0 Å². The van der Waals surface area contributed by atoms with Gasteiger partial charge in [0.25, 0.3) is 0 Å². The van der Waals surface area contributed by atoms with E-state index in [2.05, 4.69) is 13.8 Å². The summed E-state index contributed by atoms with van der Waals surface area (Å²) in [5, 5.41) is 0. The van der Waals surface area contributed by atoms with E-state index in [9.17, 15) is 19.2 Å². The molecule has 2 rings (SSSR count). The maximum absolute atomic E-state index is 12.2. The molecule has 0 unspecified atom stereocenters. The zero-order valence-corrected chi connectivity index (χ0v) is 30.5. The van der Waals surface area contributed by atoms with Crippen LogP contribution in [0.25, 0.3) is 0 Å². The highest BCUT2D eigenvalue weighted by Gasteiger charge is 2.19. The molecule has 2 aromatic rings. The second-order valence-electron chi connectivity index (χ2n) is 12.3. The van der Waals surface area contributed by atoms with Crippen LogP contribution in [0.4, 0.5) is 0 Å². The Hall–Kier alpha value is -3.68. The van der Waals surface area contributed by atoms with E-state index in [1.54, 1.807) is 24.3 Å². The summed E-state index contributed by atoms with van der Waals surface area (Å²) in [5.41, 5.74) is 1.36. The second-order valence-corrected chi connectivity index (χ2v) is 12.3. The second kappa shape index (κ2) is 30.4. The first-order valence-corrected chi connectivity index (χ1v) is 18.7. The Labute approximate surface area is 295 Å². The number of hydrogen-bond donors (Lipinski definition) is 0. The van der Waals surface area contributed by atoms with Crippen molar-refractivity contribution < 1.29 is 38.1 Å². The minimum Gasteiger partial charge on any atom is -0.466 e. The van der Waals surface area contributed by atoms with Crippen LogP contribution < -0.4 is 0 Å². The van der Waals surface area contributed by atoms with Gasteiger partial charge >= 0.3 is 23.9 Å². The third-order valence-corrected chi connectivity index (χ3v) is 7.84. The van der Waals surface area contributed by atoms with Crippen LogP contribution in [0.15, 0.2) is 54.6 Å². The number of carbonyl (C=O) groups excluding carboxylic acids is 4. The molecule has 8 nitrogen and oxygen atoms in total. The van der Waals surface area contributed by atoms with E-state index < -0.39 is 11.9 Å². The number of benzene rings is 2. The fourth-order valence-corrected chi connectivity index (χ4v) is 4.85. The van der Waals surface area contributed by atoms with Gasteiger partial charge in [-0.3, -0.25) is 9.59 Å². The van der Waals surface area contributed by atoms with Crippen molar-refractivity contribution in [3.63, 3.8) is 0 Å². The largest absolute Gasteiger partial charge is 0.466 e. The number of esters is 4. The van der Waals surface area contributed by atoms with Gasteiger partial charge in [0.15, 0.2) is 0 Å². The Balaban J connectivity index is 0.000000492. The summed E-state index contributed by atoms with van der Waals surface area (Å²) in [4.78, 5) is 47.5. The number of hydrogen-bond acceptors (Lipinski definition) is 8.